The van der Waals surface area contributed by atoms with E-state index in [2.05, 4.69) is 5.43 Å². The van der Waals surface area contributed by atoms with Crippen LogP contribution in [0.1, 0.15) is 6.42 Å². The fraction of sp³-hybridized carbons (Fsp3) is 0.833. The average molecular weight is 159 g/mol. The first-order chi connectivity index (χ1) is 5.34. The van der Waals surface area contributed by atoms with Gasteiger partial charge in [0.2, 0.25) is 0 Å². The molecule has 1 saturated heterocycles. The molecule has 1 heterocycles. The van der Waals surface area contributed by atoms with Gasteiger partial charge >= 0.3 is 6.03 Å². The molecule has 0 saturated carbocycles. The molecule has 0 spiro atoms. The monoisotopic (exact) mass is 159 g/mol. The second-order valence-corrected chi connectivity index (χ2v) is 2.40. The van der Waals surface area contributed by atoms with E-state index >= 15 is 0 Å². The van der Waals surface area contributed by atoms with Crippen LogP contribution in [0.2, 0.25) is 0 Å². The molecule has 11 heavy (non-hydrogen) atoms. The molecule has 0 radical (unpaired) electrons. The van der Waals surface area contributed by atoms with Crippen LogP contribution in [0, 0.1) is 0 Å². The highest BCUT2D eigenvalue weighted by Gasteiger charge is 2.13. The highest BCUT2D eigenvalue weighted by Crippen LogP contribution is 1.97. The number of urea groups is 1. The van der Waals surface area contributed by atoms with Gasteiger partial charge in [-0.15, -0.1) is 0 Å². The Bertz CT molecular complexity index is 132. The highest BCUT2D eigenvalue weighted by atomic mass is 16.5. The molecule has 2 amide bonds. The largest absolute Gasteiger partial charge is 0.380 e. The maximum atomic E-state index is 11.0. The van der Waals surface area contributed by atoms with E-state index < -0.39 is 0 Å². The van der Waals surface area contributed by atoms with E-state index in [-0.39, 0.29) is 6.03 Å². The number of carbonyl (C=O) groups is 1. The van der Waals surface area contributed by atoms with Gasteiger partial charge in [-0.1, -0.05) is 0 Å². The molecule has 0 aliphatic carbocycles. The molecule has 5 nitrogen and oxygen atoms in total. The minimum absolute atomic E-state index is 0.226. The number of hydrogen-bond donors (Lipinski definition) is 2. The Labute approximate surface area is 65.5 Å². The van der Waals surface area contributed by atoms with Crippen molar-refractivity contribution in [3.05, 3.63) is 0 Å². The van der Waals surface area contributed by atoms with Crippen molar-refractivity contribution in [3.63, 3.8) is 0 Å². The van der Waals surface area contributed by atoms with Gasteiger partial charge in [0, 0.05) is 19.7 Å². The van der Waals surface area contributed by atoms with Gasteiger partial charge in [-0.3, -0.25) is 5.43 Å². The lowest BCUT2D eigenvalue weighted by atomic mass is 10.4. The van der Waals surface area contributed by atoms with E-state index in [9.17, 15) is 4.79 Å². The Kier molecular flexibility index (Phi) is 3.13. The summed E-state index contributed by atoms with van der Waals surface area (Å²) < 4.78 is 5.16. The van der Waals surface area contributed by atoms with Crippen LogP contribution in [0.4, 0.5) is 4.79 Å². The zero-order valence-corrected chi connectivity index (χ0v) is 6.38. The van der Waals surface area contributed by atoms with Gasteiger partial charge in [0.25, 0.3) is 0 Å². The third kappa shape index (κ3) is 2.36. The van der Waals surface area contributed by atoms with E-state index in [4.69, 9.17) is 10.6 Å². The Morgan fingerprint density at radius 3 is 3.00 bits per heavy atom. The molecule has 0 unspecified atom stereocenters. The number of rotatable bonds is 0. The number of nitrogens with zero attached hydrogens (tertiary/aromatic N) is 1. The zero-order chi connectivity index (χ0) is 8.10. The van der Waals surface area contributed by atoms with Crippen molar-refractivity contribution >= 4 is 6.03 Å². The SMILES string of the molecule is NNC(=O)N1CCCOCC1. The lowest BCUT2D eigenvalue weighted by Gasteiger charge is -2.17. The molecule has 0 atom stereocenters. The molecule has 1 aliphatic heterocycles. The van der Waals surface area contributed by atoms with E-state index in [1.165, 1.54) is 0 Å². The lowest BCUT2D eigenvalue weighted by Crippen LogP contribution is -2.44. The number of nitrogens with one attached hydrogen (secondary N) is 1. The van der Waals surface area contributed by atoms with Crippen LogP contribution in [-0.2, 0) is 4.74 Å². The Morgan fingerprint density at radius 2 is 2.27 bits per heavy atom. The molecular weight excluding hydrogens is 146 g/mol. The maximum Gasteiger partial charge on any atom is 0.331 e. The van der Waals surface area contributed by atoms with Gasteiger partial charge in [0.15, 0.2) is 0 Å². The fourth-order valence-corrected chi connectivity index (χ4v) is 1.04. The molecule has 0 aromatic carbocycles. The van der Waals surface area contributed by atoms with Crippen molar-refractivity contribution in [2.45, 2.75) is 6.42 Å². The summed E-state index contributed by atoms with van der Waals surface area (Å²) in [6.07, 6.45) is 0.882. The molecule has 1 rings (SSSR count). The van der Waals surface area contributed by atoms with Crippen molar-refractivity contribution in [1.29, 1.82) is 0 Å². The number of amides is 2. The van der Waals surface area contributed by atoms with Crippen LogP contribution >= 0.6 is 0 Å². The summed E-state index contributed by atoms with van der Waals surface area (Å²) in [5.41, 5.74) is 2.09. The molecule has 0 aromatic heterocycles. The quantitative estimate of drug-likeness (QED) is 0.279. The van der Waals surface area contributed by atoms with E-state index in [1.807, 2.05) is 0 Å². The summed E-state index contributed by atoms with van der Waals surface area (Å²) in [5.74, 6) is 4.97. The smallest absolute Gasteiger partial charge is 0.331 e. The van der Waals surface area contributed by atoms with Gasteiger partial charge in [-0.25, -0.2) is 10.6 Å². The van der Waals surface area contributed by atoms with Gasteiger partial charge < -0.3 is 9.64 Å². The summed E-state index contributed by atoms with van der Waals surface area (Å²) in [5, 5.41) is 0. The molecule has 5 heteroatoms. The minimum atomic E-state index is -0.226. The van der Waals surface area contributed by atoms with Crippen LogP contribution < -0.4 is 11.3 Å². The van der Waals surface area contributed by atoms with E-state index in [1.54, 1.807) is 4.90 Å². The first kappa shape index (κ1) is 8.29. The standard InChI is InChI=1S/C6H13N3O2/c7-8-6(10)9-2-1-4-11-5-3-9/h1-5,7H2,(H,8,10). The predicted octanol–water partition coefficient (Wildman–Crippen LogP) is -0.708. The summed E-state index contributed by atoms with van der Waals surface area (Å²) >= 11 is 0. The number of hydrazine groups is 1. The van der Waals surface area contributed by atoms with Crippen LogP contribution in [0.15, 0.2) is 0 Å². The number of nitrogens with two attached hydrogens (primary N) is 1. The lowest BCUT2D eigenvalue weighted by molar-refractivity contribution is 0.142. The van der Waals surface area contributed by atoms with Crippen LogP contribution in [0.25, 0.3) is 0 Å². The van der Waals surface area contributed by atoms with Crippen molar-refractivity contribution < 1.29 is 9.53 Å². The number of carbonyl (C=O) groups excluding carboxylic acids is 1. The minimum Gasteiger partial charge on any atom is -0.380 e. The second kappa shape index (κ2) is 4.15. The third-order valence-corrected chi connectivity index (χ3v) is 1.63. The zero-order valence-electron chi connectivity index (χ0n) is 6.38. The molecular formula is C6H13N3O2. The normalized spacial score (nSPS) is 19.2. The van der Waals surface area contributed by atoms with E-state index in [0.717, 1.165) is 19.6 Å². The summed E-state index contributed by atoms with van der Waals surface area (Å²) in [4.78, 5) is 12.6. The predicted molar refractivity (Wildman–Crippen MR) is 39.7 cm³/mol. The molecule has 1 aliphatic rings. The van der Waals surface area contributed by atoms with Gasteiger partial charge in [0.1, 0.15) is 0 Å². The molecule has 1 fully saturated rings. The summed E-state index contributed by atoms with van der Waals surface area (Å²) in [7, 11) is 0. The molecule has 0 aromatic rings. The summed E-state index contributed by atoms with van der Waals surface area (Å²) in [6, 6.07) is -0.226. The van der Waals surface area contributed by atoms with Crippen molar-refractivity contribution in [1.82, 2.24) is 10.3 Å². The van der Waals surface area contributed by atoms with Gasteiger partial charge in [-0.05, 0) is 6.42 Å². The van der Waals surface area contributed by atoms with Crippen LogP contribution in [0.3, 0.4) is 0 Å². The second-order valence-electron chi connectivity index (χ2n) is 2.40. The Morgan fingerprint density at radius 1 is 1.45 bits per heavy atom. The van der Waals surface area contributed by atoms with Crippen molar-refractivity contribution in [3.8, 4) is 0 Å². The Balaban J connectivity index is 2.36. The van der Waals surface area contributed by atoms with Crippen LogP contribution in [0.5, 0.6) is 0 Å². The van der Waals surface area contributed by atoms with Crippen LogP contribution in [-0.4, -0.2) is 37.2 Å². The first-order valence-corrected chi connectivity index (χ1v) is 3.68. The third-order valence-electron chi connectivity index (χ3n) is 1.63. The fourth-order valence-electron chi connectivity index (χ4n) is 1.04. The number of ether oxygens (including phenoxy) is 1. The average Bonchev–Trinajstić information content (AvgIpc) is 2.30. The maximum absolute atomic E-state index is 11.0. The van der Waals surface area contributed by atoms with Gasteiger partial charge in [0.05, 0.1) is 6.61 Å². The van der Waals surface area contributed by atoms with Crippen molar-refractivity contribution in [2.24, 2.45) is 5.84 Å². The molecule has 0 bridgehead atoms. The summed E-state index contributed by atoms with van der Waals surface area (Å²) in [6.45, 7) is 2.69. The number of hydrogen-bond acceptors (Lipinski definition) is 3. The Hall–Kier alpha value is -0.810. The van der Waals surface area contributed by atoms with Gasteiger partial charge in [-0.2, -0.15) is 0 Å². The molecule has 64 valence electrons. The topological polar surface area (TPSA) is 67.6 Å². The van der Waals surface area contributed by atoms with Crippen molar-refractivity contribution in [2.75, 3.05) is 26.3 Å². The van der Waals surface area contributed by atoms with E-state index in [0.29, 0.717) is 13.2 Å². The highest BCUT2D eigenvalue weighted by molar-refractivity contribution is 5.73. The molecule has 3 N–H and O–H groups in total. The first-order valence-electron chi connectivity index (χ1n) is 3.68.